The van der Waals surface area contributed by atoms with Crippen molar-refractivity contribution >= 4 is 35.5 Å². The monoisotopic (exact) mass is 536 g/mol. The summed E-state index contributed by atoms with van der Waals surface area (Å²) < 4.78 is 32.0. The highest BCUT2D eigenvalue weighted by atomic mass is 16.5. The van der Waals surface area contributed by atoms with Gasteiger partial charge in [-0.05, 0) is 53.6 Å². The summed E-state index contributed by atoms with van der Waals surface area (Å²) in [5.41, 5.74) is 8.44. The lowest BCUT2D eigenvalue weighted by molar-refractivity contribution is -0.111. The Hall–Kier alpha value is -4.99. The zero-order valence-corrected chi connectivity index (χ0v) is 22.7. The molecule has 0 aliphatic heterocycles. The maximum absolute atomic E-state index is 12.9. The molecule has 0 radical (unpaired) electrons. The molecule has 206 valence electrons. The number of nitrogens with two attached hydrogens (primary N) is 1. The lowest BCUT2D eigenvalue weighted by Crippen LogP contribution is -2.09. The first-order valence-corrected chi connectivity index (χ1v) is 11.7. The van der Waals surface area contributed by atoms with Crippen molar-refractivity contribution in [3.05, 3.63) is 59.2 Å². The number of aromatic hydroxyl groups is 1. The molecule has 3 rings (SSSR count). The second kappa shape index (κ2) is 13.0. The molecule has 1 amide bonds. The molecule has 0 aliphatic carbocycles. The molecule has 39 heavy (non-hydrogen) atoms. The van der Waals surface area contributed by atoms with Crippen LogP contribution >= 0.6 is 0 Å². The molecule has 10 nitrogen and oxygen atoms in total. The fourth-order valence-corrected chi connectivity index (χ4v) is 3.86. The number of carbonyl (C=O) groups is 1. The molecule has 0 spiro atoms. The Morgan fingerprint density at radius 1 is 0.718 bits per heavy atom. The number of amides is 1. The number of nitrogens with one attached hydrogen (secondary N) is 1. The van der Waals surface area contributed by atoms with Gasteiger partial charge in [-0.2, -0.15) is 0 Å². The Kier molecular flexibility index (Phi) is 9.53. The van der Waals surface area contributed by atoms with Gasteiger partial charge in [0.25, 0.3) is 0 Å². The highest BCUT2D eigenvalue weighted by Gasteiger charge is 2.16. The SMILES string of the molecule is COc1ccc(/C=C/c2cc(OC)c(OC)c(OC)c2)c(NC(=O)/C=C/c2cc(N)c(OC)c(OC)c2)c1O. The van der Waals surface area contributed by atoms with Crippen LogP contribution in [-0.2, 0) is 4.79 Å². The number of benzene rings is 3. The number of hydrogen-bond acceptors (Lipinski definition) is 9. The minimum absolute atomic E-state index is 0.166. The van der Waals surface area contributed by atoms with Crippen molar-refractivity contribution in [3.8, 4) is 40.2 Å². The first-order chi connectivity index (χ1) is 18.8. The maximum atomic E-state index is 12.9. The third-order valence-corrected chi connectivity index (χ3v) is 5.74. The van der Waals surface area contributed by atoms with Crippen LogP contribution in [0.15, 0.2) is 42.5 Å². The predicted octanol–water partition coefficient (Wildman–Crippen LogP) is 4.85. The summed E-state index contributed by atoms with van der Waals surface area (Å²) in [7, 11) is 9.00. The van der Waals surface area contributed by atoms with E-state index in [1.165, 1.54) is 48.7 Å². The largest absolute Gasteiger partial charge is 0.503 e. The Balaban J connectivity index is 1.93. The number of nitrogen functional groups attached to an aromatic ring is 1. The number of anilines is 2. The topological polar surface area (TPSA) is 131 Å². The molecular weight excluding hydrogens is 504 g/mol. The molecular formula is C29H32N2O8. The summed E-state index contributed by atoms with van der Waals surface area (Å²) in [5, 5.41) is 13.5. The molecule has 0 aromatic heterocycles. The van der Waals surface area contributed by atoms with Crippen LogP contribution in [0.1, 0.15) is 16.7 Å². The van der Waals surface area contributed by atoms with Crippen LogP contribution in [0.25, 0.3) is 18.2 Å². The van der Waals surface area contributed by atoms with Gasteiger partial charge in [0.05, 0.1) is 54.0 Å². The van der Waals surface area contributed by atoms with Gasteiger partial charge in [-0.3, -0.25) is 4.79 Å². The number of carbonyl (C=O) groups excluding carboxylic acids is 1. The quantitative estimate of drug-likeness (QED) is 0.136. The average molecular weight is 537 g/mol. The lowest BCUT2D eigenvalue weighted by Gasteiger charge is -2.14. The van der Waals surface area contributed by atoms with Gasteiger partial charge in [-0.25, -0.2) is 0 Å². The first kappa shape index (κ1) is 28.6. The van der Waals surface area contributed by atoms with Gasteiger partial charge in [-0.15, -0.1) is 0 Å². The maximum Gasteiger partial charge on any atom is 0.248 e. The highest BCUT2D eigenvalue weighted by molar-refractivity contribution is 6.04. The molecule has 10 heteroatoms. The number of ether oxygens (including phenoxy) is 6. The summed E-state index contributed by atoms with van der Waals surface area (Å²) in [6.45, 7) is 0. The van der Waals surface area contributed by atoms with E-state index in [1.807, 2.05) is 0 Å². The van der Waals surface area contributed by atoms with Crippen molar-refractivity contribution in [1.29, 1.82) is 0 Å². The fourth-order valence-electron chi connectivity index (χ4n) is 3.86. The second-order valence-electron chi connectivity index (χ2n) is 8.04. The van der Waals surface area contributed by atoms with Crippen molar-refractivity contribution in [3.63, 3.8) is 0 Å². The Morgan fingerprint density at radius 3 is 1.79 bits per heavy atom. The van der Waals surface area contributed by atoms with Gasteiger partial charge in [0, 0.05) is 11.6 Å². The van der Waals surface area contributed by atoms with Crippen molar-refractivity contribution in [2.75, 3.05) is 53.7 Å². The van der Waals surface area contributed by atoms with Gasteiger partial charge in [-0.1, -0.05) is 12.2 Å². The molecule has 0 atom stereocenters. The average Bonchev–Trinajstić information content (AvgIpc) is 2.95. The first-order valence-electron chi connectivity index (χ1n) is 11.7. The van der Waals surface area contributed by atoms with Crippen molar-refractivity contribution in [1.82, 2.24) is 0 Å². The van der Waals surface area contributed by atoms with Gasteiger partial charge in [0.1, 0.15) is 0 Å². The van der Waals surface area contributed by atoms with Crippen molar-refractivity contribution in [2.45, 2.75) is 0 Å². The summed E-state index contributed by atoms with van der Waals surface area (Å²) in [4.78, 5) is 12.9. The third-order valence-electron chi connectivity index (χ3n) is 5.74. The predicted molar refractivity (Wildman–Crippen MR) is 151 cm³/mol. The van der Waals surface area contributed by atoms with Crippen molar-refractivity contribution < 1.29 is 38.3 Å². The van der Waals surface area contributed by atoms with E-state index in [4.69, 9.17) is 34.2 Å². The van der Waals surface area contributed by atoms with Crippen LogP contribution < -0.4 is 39.5 Å². The van der Waals surface area contributed by atoms with Gasteiger partial charge in [0.2, 0.25) is 11.7 Å². The van der Waals surface area contributed by atoms with E-state index in [9.17, 15) is 9.90 Å². The summed E-state index contributed by atoms with van der Waals surface area (Å²) in [6.07, 6.45) is 6.39. The molecule has 0 saturated carbocycles. The lowest BCUT2D eigenvalue weighted by atomic mass is 10.1. The van der Waals surface area contributed by atoms with Gasteiger partial charge >= 0.3 is 0 Å². The number of phenols is 1. The Labute approximate surface area is 227 Å². The standard InChI is InChI=1S/C29H32N2O8/c1-34-21-11-10-19(9-7-18-15-23(36-3)29(39-6)24(16-18)37-4)26(27(21)33)31-25(32)12-8-17-13-20(30)28(38-5)22(14-17)35-2/h7-16,33H,30H2,1-6H3,(H,31,32)/b9-7+,12-8+. The molecule has 0 heterocycles. The van der Waals surface area contributed by atoms with E-state index in [-0.39, 0.29) is 17.2 Å². The van der Waals surface area contributed by atoms with Crippen LogP contribution in [0.2, 0.25) is 0 Å². The van der Waals surface area contributed by atoms with Gasteiger partial charge < -0.3 is 44.6 Å². The third kappa shape index (κ3) is 6.48. The number of methoxy groups -OCH3 is 6. The van der Waals surface area contributed by atoms with E-state index in [1.54, 1.807) is 54.6 Å². The molecule has 3 aromatic carbocycles. The van der Waals surface area contributed by atoms with E-state index in [0.717, 1.165) is 5.56 Å². The second-order valence-corrected chi connectivity index (χ2v) is 8.04. The van der Waals surface area contributed by atoms with E-state index < -0.39 is 5.91 Å². The van der Waals surface area contributed by atoms with Crippen molar-refractivity contribution in [2.24, 2.45) is 0 Å². The number of phenolic OH excluding ortho intramolecular Hbond substituents is 1. The summed E-state index contributed by atoms with van der Waals surface area (Å²) in [5.74, 6) is 1.77. The molecule has 0 bridgehead atoms. The van der Waals surface area contributed by atoms with E-state index >= 15 is 0 Å². The van der Waals surface area contributed by atoms with Crippen LogP contribution in [0, 0.1) is 0 Å². The molecule has 0 aliphatic rings. The molecule has 0 fully saturated rings. The van der Waals surface area contributed by atoms with Gasteiger partial charge in [0.15, 0.2) is 34.5 Å². The minimum Gasteiger partial charge on any atom is -0.503 e. The number of hydrogen-bond donors (Lipinski definition) is 3. The zero-order chi connectivity index (χ0) is 28.5. The van der Waals surface area contributed by atoms with Crippen LogP contribution in [0.5, 0.6) is 40.2 Å². The zero-order valence-electron chi connectivity index (χ0n) is 22.7. The molecule has 4 N–H and O–H groups in total. The fraction of sp³-hybridized carbons (Fsp3) is 0.207. The van der Waals surface area contributed by atoms with E-state index in [0.29, 0.717) is 45.6 Å². The number of rotatable bonds is 11. The summed E-state index contributed by atoms with van der Waals surface area (Å²) in [6, 6.07) is 10.2. The molecule has 0 saturated heterocycles. The summed E-state index contributed by atoms with van der Waals surface area (Å²) >= 11 is 0. The highest BCUT2D eigenvalue weighted by Crippen LogP contribution is 2.40. The molecule has 0 unspecified atom stereocenters. The van der Waals surface area contributed by atoms with Crippen LogP contribution in [0.4, 0.5) is 11.4 Å². The Morgan fingerprint density at radius 2 is 1.26 bits per heavy atom. The molecule has 3 aromatic rings. The minimum atomic E-state index is -0.491. The normalized spacial score (nSPS) is 10.9. The Bertz CT molecular complexity index is 1370. The van der Waals surface area contributed by atoms with Crippen LogP contribution in [0.3, 0.4) is 0 Å². The van der Waals surface area contributed by atoms with E-state index in [2.05, 4.69) is 5.32 Å². The smallest absolute Gasteiger partial charge is 0.248 e. The van der Waals surface area contributed by atoms with Crippen LogP contribution in [-0.4, -0.2) is 53.7 Å².